The van der Waals surface area contributed by atoms with Gasteiger partial charge in [-0.3, -0.25) is 4.79 Å². The molecule has 4 nitrogen and oxygen atoms in total. The Balaban J connectivity index is 1.96. The monoisotopic (exact) mass is 366 g/mol. The number of ether oxygens (including phenoxy) is 3. The number of allylic oxidation sites excluding steroid dienone is 3. The number of methoxy groups -OCH3 is 1. The van der Waals surface area contributed by atoms with Gasteiger partial charge in [0.05, 0.1) is 19.8 Å². The number of hydrogen-bond acceptors (Lipinski definition) is 4. The second-order valence-corrected chi connectivity index (χ2v) is 7.00. The summed E-state index contributed by atoms with van der Waals surface area (Å²) in [7, 11) is 1.42. The van der Waals surface area contributed by atoms with E-state index < -0.39 is 0 Å². The summed E-state index contributed by atoms with van der Waals surface area (Å²) in [5.74, 6) is -0.165. The highest BCUT2D eigenvalue weighted by atomic mass is 16.7. The van der Waals surface area contributed by atoms with Gasteiger partial charge in [-0.1, -0.05) is 70.1 Å². The zero-order valence-electron chi connectivity index (χ0n) is 16.8. The van der Waals surface area contributed by atoms with Crippen LogP contribution in [0.1, 0.15) is 84.0 Å². The molecule has 0 aliphatic carbocycles. The summed E-state index contributed by atoms with van der Waals surface area (Å²) in [6.45, 7) is 2.86. The maximum Gasteiger partial charge on any atom is 0.305 e. The fourth-order valence-electron chi connectivity index (χ4n) is 3.02. The summed E-state index contributed by atoms with van der Waals surface area (Å²) in [6.07, 6.45) is 22.1. The highest BCUT2D eigenvalue weighted by molar-refractivity contribution is 5.68. The quantitative estimate of drug-likeness (QED) is 0.211. The van der Waals surface area contributed by atoms with Gasteiger partial charge in [0.1, 0.15) is 0 Å². The van der Waals surface area contributed by atoms with E-state index in [1.165, 1.54) is 58.5 Å². The second kappa shape index (κ2) is 16.1. The summed E-state index contributed by atoms with van der Waals surface area (Å²) in [5, 5.41) is 0. The third-order valence-electron chi connectivity index (χ3n) is 4.65. The van der Waals surface area contributed by atoms with Crippen LogP contribution >= 0.6 is 0 Å². The van der Waals surface area contributed by atoms with Gasteiger partial charge in [-0.05, 0) is 31.8 Å². The Labute approximate surface area is 160 Å². The molecule has 1 aliphatic rings. The van der Waals surface area contributed by atoms with Crippen LogP contribution in [0.5, 0.6) is 0 Å². The molecular formula is C22H38O4. The van der Waals surface area contributed by atoms with Crippen LogP contribution in [-0.4, -0.2) is 32.1 Å². The number of unbranched alkanes of at least 4 members (excludes halogenated alkanes) is 8. The van der Waals surface area contributed by atoms with Gasteiger partial charge in [0.25, 0.3) is 0 Å². The van der Waals surface area contributed by atoms with Crippen molar-refractivity contribution >= 4 is 5.97 Å². The van der Waals surface area contributed by atoms with Crippen molar-refractivity contribution in [2.45, 2.75) is 96.4 Å². The molecule has 1 fully saturated rings. The van der Waals surface area contributed by atoms with Crippen molar-refractivity contribution in [1.82, 2.24) is 0 Å². The van der Waals surface area contributed by atoms with E-state index in [1.54, 1.807) is 0 Å². The van der Waals surface area contributed by atoms with Gasteiger partial charge in [0.2, 0.25) is 0 Å². The van der Waals surface area contributed by atoms with Crippen LogP contribution in [0.3, 0.4) is 0 Å². The van der Waals surface area contributed by atoms with Crippen LogP contribution in [0.4, 0.5) is 0 Å². The van der Waals surface area contributed by atoms with Gasteiger partial charge in [0, 0.05) is 6.42 Å². The van der Waals surface area contributed by atoms with Gasteiger partial charge >= 0.3 is 5.97 Å². The first-order valence-corrected chi connectivity index (χ1v) is 10.4. The minimum atomic E-state index is -0.258. The van der Waals surface area contributed by atoms with E-state index in [4.69, 9.17) is 9.47 Å². The predicted molar refractivity (Wildman–Crippen MR) is 106 cm³/mol. The van der Waals surface area contributed by atoms with Crippen molar-refractivity contribution in [2.24, 2.45) is 0 Å². The van der Waals surface area contributed by atoms with Gasteiger partial charge in [-0.25, -0.2) is 0 Å². The molecule has 1 saturated heterocycles. The molecule has 0 aromatic heterocycles. The summed E-state index contributed by atoms with van der Waals surface area (Å²) in [6, 6.07) is 0. The van der Waals surface area contributed by atoms with Gasteiger partial charge in [-0.2, -0.15) is 0 Å². The first-order valence-electron chi connectivity index (χ1n) is 10.4. The van der Waals surface area contributed by atoms with Crippen LogP contribution in [0.2, 0.25) is 0 Å². The van der Waals surface area contributed by atoms with Crippen LogP contribution < -0.4 is 0 Å². The number of rotatable bonds is 15. The minimum absolute atomic E-state index is 0.0793. The average Bonchev–Trinajstić information content (AvgIpc) is 3.10. The standard InChI is InChI=1S/C22H38O4/c1-3-4-5-6-7-8-9-10-11-12-13-14-18-22-25-19-20(26-22)16-15-17-21(23)24-2/h12-14,18,20,22H,3-11,15-17,19H2,1-2H3/b13-12+,18-14+. The van der Waals surface area contributed by atoms with Gasteiger partial charge in [-0.15, -0.1) is 0 Å². The van der Waals surface area contributed by atoms with E-state index in [0.29, 0.717) is 13.0 Å². The molecular weight excluding hydrogens is 328 g/mol. The van der Waals surface area contributed by atoms with Crippen molar-refractivity contribution in [2.75, 3.05) is 13.7 Å². The Hall–Kier alpha value is -1.13. The van der Waals surface area contributed by atoms with Crippen molar-refractivity contribution in [3.63, 3.8) is 0 Å². The molecule has 0 radical (unpaired) electrons. The largest absolute Gasteiger partial charge is 0.469 e. The molecule has 1 heterocycles. The molecule has 1 aliphatic heterocycles. The fourth-order valence-corrected chi connectivity index (χ4v) is 3.02. The van der Waals surface area contributed by atoms with E-state index in [-0.39, 0.29) is 18.4 Å². The molecule has 1 rings (SSSR count). The zero-order chi connectivity index (χ0) is 18.9. The number of hydrogen-bond donors (Lipinski definition) is 0. The van der Waals surface area contributed by atoms with Gasteiger partial charge < -0.3 is 14.2 Å². The number of esters is 1. The highest BCUT2D eigenvalue weighted by Crippen LogP contribution is 2.18. The lowest BCUT2D eigenvalue weighted by atomic mass is 10.1. The maximum atomic E-state index is 11.1. The molecule has 26 heavy (non-hydrogen) atoms. The Morgan fingerprint density at radius 1 is 1.04 bits per heavy atom. The lowest BCUT2D eigenvalue weighted by Crippen LogP contribution is -2.12. The number of carbonyl (C=O) groups excluding carboxylic acids is 1. The molecule has 0 aromatic carbocycles. The molecule has 0 aromatic rings. The topological polar surface area (TPSA) is 44.8 Å². The fraction of sp³-hybridized carbons (Fsp3) is 0.773. The van der Waals surface area contributed by atoms with E-state index in [0.717, 1.165) is 19.3 Å². The van der Waals surface area contributed by atoms with Crippen LogP contribution in [0.25, 0.3) is 0 Å². The van der Waals surface area contributed by atoms with Crippen LogP contribution in [0, 0.1) is 0 Å². The van der Waals surface area contributed by atoms with Crippen LogP contribution in [-0.2, 0) is 19.0 Å². The second-order valence-electron chi connectivity index (χ2n) is 7.00. The first kappa shape index (κ1) is 22.9. The Kier molecular flexibility index (Phi) is 14.2. The van der Waals surface area contributed by atoms with Crippen molar-refractivity contribution in [3.8, 4) is 0 Å². The Bertz CT molecular complexity index is 403. The first-order chi connectivity index (χ1) is 12.8. The molecule has 0 spiro atoms. The molecule has 0 saturated carbocycles. The SMILES string of the molecule is CCCCCCCCCC/C=C/C=C/C1OCC(CCCC(=O)OC)O1. The van der Waals surface area contributed by atoms with Crippen molar-refractivity contribution < 1.29 is 19.0 Å². The van der Waals surface area contributed by atoms with Crippen LogP contribution in [0.15, 0.2) is 24.3 Å². The Morgan fingerprint density at radius 3 is 2.50 bits per heavy atom. The van der Waals surface area contributed by atoms with Gasteiger partial charge in [0.15, 0.2) is 6.29 Å². The molecule has 0 bridgehead atoms. The zero-order valence-corrected chi connectivity index (χ0v) is 16.8. The van der Waals surface area contributed by atoms with E-state index in [2.05, 4.69) is 23.8 Å². The molecule has 4 heteroatoms. The molecule has 2 unspecified atom stereocenters. The summed E-state index contributed by atoms with van der Waals surface area (Å²) >= 11 is 0. The molecule has 150 valence electrons. The number of carbonyl (C=O) groups is 1. The van der Waals surface area contributed by atoms with Crippen molar-refractivity contribution in [3.05, 3.63) is 24.3 Å². The normalized spacial score (nSPS) is 20.4. The van der Waals surface area contributed by atoms with E-state index in [1.807, 2.05) is 12.2 Å². The van der Waals surface area contributed by atoms with Crippen molar-refractivity contribution in [1.29, 1.82) is 0 Å². The molecule has 0 amide bonds. The summed E-state index contributed by atoms with van der Waals surface area (Å²) < 4.78 is 16.0. The summed E-state index contributed by atoms with van der Waals surface area (Å²) in [4.78, 5) is 11.1. The predicted octanol–water partition coefficient (Wildman–Crippen LogP) is 5.71. The third kappa shape index (κ3) is 12.3. The van der Waals surface area contributed by atoms with E-state index >= 15 is 0 Å². The lowest BCUT2D eigenvalue weighted by Gasteiger charge is -2.07. The summed E-state index contributed by atoms with van der Waals surface area (Å²) in [5.41, 5.74) is 0. The maximum absolute atomic E-state index is 11.1. The minimum Gasteiger partial charge on any atom is -0.469 e. The highest BCUT2D eigenvalue weighted by Gasteiger charge is 2.23. The molecule has 2 atom stereocenters. The average molecular weight is 367 g/mol. The molecule has 0 N–H and O–H groups in total. The lowest BCUT2D eigenvalue weighted by molar-refractivity contribution is -0.140. The Morgan fingerprint density at radius 2 is 1.77 bits per heavy atom. The third-order valence-corrected chi connectivity index (χ3v) is 4.65. The smallest absolute Gasteiger partial charge is 0.305 e. The van der Waals surface area contributed by atoms with E-state index in [9.17, 15) is 4.79 Å².